The number of hydrogen-bond donors (Lipinski definition) is 1. The highest BCUT2D eigenvalue weighted by Crippen LogP contribution is 2.32. The van der Waals surface area contributed by atoms with Crippen molar-refractivity contribution < 1.29 is 14.3 Å². The fourth-order valence-corrected chi connectivity index (χ4v) is 3.00. The molecule has 1 heterocycles. The fraction of sp³-hybridized carbons (Fsp3) is 0.238. The summed E-state index contributed by atoms with van der Waals surface area (Å²) in [6.07, 6.45) is 1.57. The van der Waals surface area contributed by atoms with Crippen LogP contribution in [0.5, 0.6) is 5.75 Å². The number of esters is 1. The van der Waals surface area contributed by atoms with Gasteiger partial charge in [0.1, 0.15) is 11.3 Å². The molecule has 0 saturated carbocycles. The monoisotopic (exact) mass is 350 g/mol. The number of anilines is 2. The number of aryl methyl sites for hydroxylation is 2. The van der Waals surface area contributed by atoms with Crippen LogP contribution >= 0.6 is 0 Å². The molecule has 5 nitrogen and oxygen atoms in total. The molecule has 3 aromatic rings. The zero-order chi connectivity index (χ0) is 18.7. The van der Waals surface area contributed by atoms with Gasteiger partial charge in [0, 0.05) is 23.3 Å². The van der Waals surface area contributed by atoms with Crippen LogP contribution in [0.1, 0.15) is 28.4 Å². The highest BCUT2D eigenvalue weighted by molar-refractivity contribution is 6.06. The molecular formula is C21H22N2O3. The van der Waals surface area contributed by atoms with Crippen molar-refractivity contribution in [3.63, 3.8) is 0 Å². The highest BCUT2D eigenvalue weighted by atomic mass is 16.5. The predicted octanol–water partition coefficient (Wildman–Crippen LogP) is 4.78. The van der Waals surface area contributed by atoms with Gasteiger partial charge in [-0.25, -0.2) is 4.79 Å². The third-order valence-electron chi connectivity index (χ3n) is 4.14. The minimum atomic E-state index is -0.397. The second kappa shape index (κ2) is 7.44. The topological polar surface area (TPSA) is 60.5 Å². The van der Waals surface area contributed by atoms with E-state index in [4.69, 9.17) is 9.47 Å². The van der Waals surface area contributed by atoms with Gasteiger partial charge >= 0.3 is 5.97 Å². The maximum absolute atomic E-state index is 12.5. The first kappa shape index (κ1) is 17.7. The van der Waals surface area contributed by atoms with E-state index in [9.17, 15) is 4.79 Å². The first-order chi connectivity index (χ1) is 12.5. The van der Waals surface area contributed by atoms with E-state index in [0.717, 1.165) is 33.5 Å². The van der Waals surface area contributed by atoms with Crippen molar-refractivity contribution in [3.8, 4) is 5.75 Å². The number of carbonyl (C=O) groups is 1. The van der Waals surface area contributed by atoms with Crippen molar-refractivity contribution in [2.24, 2.45) is 0 Å². The Kier molecular flexibility index (Phi) is 5.07. The van der Waals surface area contributed by atoms with Crippen LogP contribution < -0.4 is 10.1 Å². The van der Waals surface area contributed by atoms with Gasteiger partial charge in [0.2, 0.25) is 0 Å². The number of rotatable bonds is 5. The number of benzene rings is 2. The minimum absolute atomic E-state index is 0.308. The van der Waals surface area contributed by atoms with E-state index in [1.165, 1.54) is 0 Å². The van der Waals surface area contributed by atoms with Gasteiger partial charge in [0.25, 0.3) is 0 Å². The van der Waals surface area contributed by atoms with Gasteiger partial charge in [0.15, 0.2) is 0 Å². The predicted molar refractivity (Wildman–Crippen MR) is 103 cm³/mol. The standard InChI is InChI=1S/C21H22N2O3/c1-5-26-21(24)18-12-22-19-14(3)9-13(2)10-17(19)20(18)23-15-7-6-8-16(11-15)25-4/h6-12H,5H2,1-4H3,(H,22,23). The lowest BCUT2D eigenvalue weighted by Gasteiger charge is -2.16. The number of ether oxygens (including phenoxy) is 2. The van der Waals surface area contributed by atoms with Gasteiger partial charge in [-0.3, -0.25) is 4.98 Å². The summed E-state index contributed by atoms with van der Waals surface area (Å²) < 4.78 is 10.5. The lowest BCUT2D eigenvalue weighted by atomic mass is 10.0. The molecule has 0 atom stereocenters. The van der Waals surface area contributed by atoms with E-state index in [2.05, 4.69) is 16.4 Å². The van der Waals surface area contributed by atoms with Crippen molar-refractivity contribution in [3.05, 3.63) is 59.3 Å². The Balaban J connectivity index is 2.20. The number of hydrogen-bond acceptors (Lipinski definition) is 5. The summed E-state index contributed by atoms with van der Waals surface area (Å²) in [5.41, 5.74) is 4.94. The maximum atomic E-state index is 12.5. The SMILES string of the molecule is CCOC(=O)c1cnc2c(C)cc(C)cc2c1Nc1cccc(OC)c1. The highest BCUT2D eigenvalue weighted by Gasteiger charge is 2.18. The average molecular weight is 350 g/mol. The van der Waals surface area contributed by atoms with E-state index in [0.29, 0.717) is 17.9 Å². The molecule has 0 aliphatic heterocycles. The van der Waals surface area contributed by atoms with E-state index in [1.54, 1.807) is 20.2 Å². The maximum Gasteiger partial charge on any atom is 0.341 e. The molecule has 0 amide bonds. The van der Waals surface area contributed by atoms with Gasteiger partial charge in [-0.2, -0.15) is 0 Å². The quantitative estimate of drug-likeness (QED) is 0.671. The molecule has 0 aliphatic rings. The number of carbonyl (C=O) groups excluding carboxylic acids is 1. The summed E-state index contributed by atoms with van der Waals surface area (Å²) in [7, 11) is 1.62. The number of nitrogens with zero attached hydrogens (tertiary/aromatic N) is 1. The van der Waals surface area contributed by atoms with E-state index in [-0.39, 0.29) is 0 Å². The molecule has 0 bridgehead atoms. The molecule has 1 N–H and O–H groups in total. The molecule has 26 heavy (non-hydrogen) atoms. The van der Waals surface area contributed by atoms with Crippen molar-refractivity contribution in [1.82, 2.24) is 4.98 Å². The molecule has 5 heteroatoms. The van der Waals surface area contributed by atoms with Gasteiger partial charge in [-0.15, -0.1) is 0 Å². The van der Waals surface area contributed by atoms with E-state index < -0.39 is 5.97 Å². The molecule has 3 rings (SSSR count). The molecule has 1 aromatic heterocycles. The zero-order valence-electron chi connectivity index (χ0n) is 15.4. The molecular weight excluding hydrogens is 328 g/mol. The largest absolute Gasteiger partial charge is 0.497 e. The molecule has 0 spiro atoms. The van der Waals surface area contributed by atoms with Gasteiger partial charge < -0.3 is 14.8 Å². The Labute approximate surface area is 153 Å². The fourth-order valence-electron chi connectivity index (χ4n) is 3.00. The second-order valence-electron chi connectivity index (χ2n) is 6.10. The molecule has 2 aromatic carbocycles. The lowest BCUT2D eigenvalue weighted by molar-refractivity contribution is 0.0527. The molecule has 0 saturated heterocycles. The van der Waals surface area contributed by atoms with Crippen LogP contribution in [-0.2, 0) is 4.74 Å². The van der Waals surface area contributed by atoms with Crippen molar-refractivity contribution in [2.75, 3.05) is 19.0 Å². The second-order valence-corrected chi connectivity index (χ2v) is 6.10. The third-order valence-corrected chi connectivity index (χ3v) is 4.14. The third kappa shape index (κ3) is 3.47. The van der Waals surface area contributed by atoms with Crippen molar-refractivity contribution >= 4 is 28.2 Å². The molecule has 134 valence electrons. The lowest BCUT2D eigenvalue weighted by Crippen LogP contribution is -2.09. The number of aromatic nitrogens is 1. The molecule has 0 fully saturated rings. The summed E-state index contributed by atoms with van der Waals surface area (Å²) in [5, 5.41) is 4.25. The first-order valence-corrected chi connectivity index (χ1v) is 8.51. The van der Waals surface area contributed by atoms with Gasteiger partial charge in [0.05, 0.1) is 24.9 Å². The Morgan fingerprint density at radius 2 is 2.00 bits per heavy atom. The Morgan fingerprint density at radius 1 is 1.19 bits per heavy atom. The molecule has 0 unspecified atom stereocenters. The Hall–Kier alpha value is -3.08. The summed E-state index contributed by atoms with van der Waals surface area (Å²) in [4.78, 5) is 17.0. The van der Waals surface area contributed by atoms with Crippen molar-refractivity contribution in [2.45, 2.75) is 20.8 Å². The van der Waals surface area contributed by atoms with Crippen LogP contribution in [0.15, 0.2) is 42.6 Å². The minimum Gasteiger partial charge on any atom is -0.497 e. The normalized spacial score (nSPS) is 10.6. The van der Waals surface area contributed by atoms with Crippen LogP contribution in [0.4, 0.5) is 11.4 Å². The number of nitrogens with one attached hydrogen (secondary N) is 1. The van der Waals surface area contributed by atoms with E-state index >= 15 is 0 Å². The van der Waals surface area contributed by atoms with Crippen LogP contribution in [0.25, 0.3) is 10.9 Å². The smallest absolute Gasteiger partial charge is 0.341 e. The summed E-state index contributed by atoms with van der Waals surface area (Å²) in [5.74, 6) is 0.338. The first-order valence-electron chi connectivity index (χ1n) is 8.51. The van der Waals surface area contributed by atoms with Crippen LogP contribution in [0.2, 0.25) is 0 Å². The summed E-state index contributed by atoms with van der Waals surface area (Å²) in [6.45, 7) is 6.14. The number of pyridine rings is 1. The number of methoxy groups -OCH3 is 1. The average Bonchev–Trinajstić information content (AvgIpc) is 2.62. The molecule has 0 aliphatic carbocycles. The van der Waals surface area contributed by atoms with Crippen molar-refractivity contribution in [1.29, 1.82) is 0 Å². The van der Waals surface area contributed by atoms with Gasteiger partial charge in [-0.1, -0.05) is 17.7 Å². The van der Waals surface area contributed by atoms with Crippen LogP contribution in [-0.4, -0.2) is 24.7 Å². The zero-order valence-corrected chi connectivity index (χ0v) is 15.4. The molecule has 0 radical (unpaired) electrons. The summed E-state index contributed by atoms with van der Waals surface area (Å²) >= 11 is 0. The van der Waals surface area contributed by atoms with E-state index in [1.807, 2.05) is 44.2 Å². The van der Waals surface area contributed by atoms with Gasteiger partial charge in [-0.05, 0) is 44.5 Å². The van der Waals surface area contributed by atoms with Crippen LogP contribution in [0.3, 0.4) is 0 Å². The summed E-state index contributed by atoms with van der Waals surface area (Å²) in [6, 6.07) is 11.7. The van der Waals surface area contributed by atoms with Crippen LogP contribution in [0, 0.1) is 13.8 Å². The number of fused-ring (bicyclic) bond motifs is 1. The Bertz CT molecular complexity index is 967. The Morgan fingerprint density at radius 3 is 2.73 bits per heavy atom.